The Labute approximate surface area is 180 Å². The van der Waals surface area contributed by atoms with Crippen molar-refractivity contribution >= 4 is 15.9 Å². The van der Waals surface area contributed by atoms with E-state index in [1.54, 1.807) is 12.1 Å². The summed E-state index contributed by atoms with van der Waals surface area (Å²) in [7, 11) is -0.776. The van der Waals surface area contributed by atoms with Crippen LogP contribution >= 0.6 is 0 Å². The van der Waals surface area contributed by atoms with Gasteiger partial charge in [0.1, 0.15) is 16.4 Å². The fraction of sp³-hybridized carbons (Fsp3) is 0.682. The highest BCUT2D eigenvalue weighted by Crippen LogP contribution is 2.32. The van der Waals surface area contributed by atoms with E-state index in [4.69, 9.17) is 9.47 Å². The maximum absolute atomic E-state index is 13.2. The Hall–Kier alpha value is -1.80. The minimum Gasteiger partial charge on any atom is -0.497 e. The zero-order chi connectivity index (χ0) is 21.6. The minimum atomic E-state index is -3.73. The molecule has 8 heteroatoms. The largest absolute Gasteiger partial charge is 0.497 e. The summed E-state index contributed by atoms with van der Waals surface area (Å²) in [6, 6.07) is 5.02. The first-order valence-electron chi connectivity index (χ1n) is 11.0. The number of methoxy groups -OCH3 is 2. The number of rotatable bonds is 6. The van der Waals surface area contributed by atoms with Gasteiger partial charge < -0.3 is 14.8 Å². The van der Waals surface area contributed by atoms with Gasteiger partial charge >= 0.3 is 0 Å². The zero-order valence-electron chi connectivity index (χ0n) is 18.1. The Morgan fingerprint density at radius 2 is 1.60 bits per heavy atom. The van der Waals surface area contributed by atoms with E-state index in [-0.39, 0.29) is 22.8 Å². The second kappa shape index (κ2) is 10.5. The van der Waals surface area contributed by atoms with E-state index >= 15 is 0 Å². The van der Waals surface area contributed by atoms with E-state index in [1.165, 1.54) is 56.7 Å². The van der Waals surface area contributed by atoms with Gasteiger partial charge in [0.2, 0.25) is 15.9 Å². The second-order valence-corrected chi connectivity index (χ2v) is 10.2. The molecule has 7 nitrogen and oxygen atoms in total. The molecule has 2 aliphatic rings. The molecule has 0 aromatic heterocycles. The van der Waals surface area contributed by atoms with E-state index in [9.17, 15) is 13.2 Å². The molecule has 1 N–H and O–H groups in total. The number of ether oxygens (including phenoxy) is 2. The van der Waals surface area contributed by atoms with Crippen LogP contribution in [0.5, 0.6) is 11.5 Å². The van der Waals surface area contributed by atoms with Gasteiger partial charge in [-0.15, -0.1) is 0 Å². The van der Waals surface area contributed by atoms with Gasteiger partial charge in [0.05, 0.1) is 14.2 Å². The minimum absolute atomic E-state index is 0.0802. The van der Waals surface area contributed by atoms with Crippen molar-refractivity contribution in [1.82, 2.24) is 9.62 Å². The molecule has 3 rings (SSSR count). The van der Waals surface area contributed by atoms with Crippen molar-refractivity contribution < 1.29 is 22.7 Å². The standard InChI is InChI=1S/C22H34N2O5S/c1-28-19-10-11-20(29-2)21(16-19)30(26,27)24-14-12-17(13-15-24)22(25)23-18-8-6-4-3-5-7-9-18/h10-11,16-18H,3-9,12-15H2,1-2H3,(H,23,25). The first-order chi connectivity index (χ1) is 14.5. The van der Waals surface area contributed by atoms with Crippen LogP contribution in [0.2, 0.25) is 0 Å². The van der Waals surface area contributed by atoms with Crippen molar-refractivity contribution in [3.8, 4) is 11.5 Å². The van der Waals surface area contributed by atoms with Crippen LogP contribution in [0.15, 0.2) is 23.1 Å². The van der Waals surface area contributed by atoms with E-state index in [1.807, 2.05) is 0 Å². The molecule has 1 aliphatic carbocycles. The van der Waals surface area contributed by atoms with E-state index < -0.39 is 10.0 Å². The van der Waals surface area contributed by atoms with E-state index in [0.29, 0.717) is 37.4 Å². The lowest BCUT2D eigenvalue weighted by atomic mass is 9.94. The fourth-order valence-electron chi connectivity index (χ4n) is 4.40. The third-order valence-electron chi connectivity index (χ3n) is 6.26. The maximum atomic E-state index is 13.2. The first-order valence-corrected chi connectivity index (χ1v) is 12.4. The molecule has 0 atom stereocenters. The third kappa shape index (κ3) is 5.46. The van der Waals surface area contributed by atoms with Crippen LogP contribution in [-0.2, 0) is 14.8 Å². The molecular weight excluding hydrogens is 404 g/mol. The number of carbonyl (C=O) groups is 1. The summed E-state index contributed by atoms with van der Waals surface area (Å²) in [6.45, 7) is 0.650. The number of carbonyl (C=O) groups excluding carboxylic acids is 1. The zero-order valence-corrected chi connectivity index (χ0v) is 18.9. The highest BCUT2D eigenvalue weighted by molar-refractivity contribution is 7.89. The monoisotopic (exact) mass is 438 g/mol. The van der Waals surface area contributed by atoms with Gasteiger partial charge in [-0.05, 0) is 37.8 Å². The lowest BCUT2D eigenvalue weighted by molar-refractivity contribution is -0.127. The van der Waals surface area contributed by atoms with Gasteiger partial charge in [-0.3, -0.25) is 4.79 Å². The predicted molar refractivity (Wildman–Crippen MR) is 115 cm³/mol. The lowest BCUT2D eigenvalue weighted by Crippen LogP contribution is -2.45. The number of hydrogen-bond acceptors (Lipinski definition) is 5. The predicted octanol–water partition coefficient (Wildman–Crippen LogP) is 3.33. The molecule has 1 aromatic rings. The van der Waals surface area contributed by atoms with Crippen LogP contribution in [0.4, 0.5) is 0 Å². The molecule has 30 heavy (non-hydrogen) atoms. The van der Waals surface area contributed by atoms with Gasteiger partial charge in [0, 0.05) is 31.1 Å². The summed E-state index contributed by atoms with van der Waals surface area (Å²) in [5, 5.41) is 3.23. The maximum Gasteiger partial charge on any atom is 0.246 e. The number of amides is 1. The quantitative estimate of drug-likeness (QED) is 0.736. The van der Waals surface area contributed by atoms with Crippen molar-refractivity contribution in [2.45, 2.75) is 68.7 Å². The average Bonchev–Trinajstić information content (AvgIpc) is 2.75. The number of hydrogen-bond donors (Lipinski definition) is 1. The summed E-state index contributed by atoms with van der Waals surface area (Å²) in [4.78, 5) is 12.9. The summed E-state index contributed by atoms with van der Waals surface area (Å²) < 4.78 is 38.3. The topological polar surface area (TPSA) is 84.9 Å². The second-order valence-electron chi connectivity index (χ2n) is 8.25. The van der Waals surface area contributed by atoms with Gasteiger partial charge in [0.15, 0.2) is 0 Å². The molecule has 2 fully saturated rings. The fourth-order valence-corrected chi connectivity index (χ4v) is 6.04. The van der Waals surface area contributed by atoms with Crippen molar-refractivity contribution in [1.29, 1.82) is 0 Å². The Balaban J connectivity index is 1.61. The molecule has 0 bridgehead atoms. The van der Waals surface area contributed by atoms with Crippen LogP contribution in [0.25, 0.3) is 0 Å². The van der Waals surface area contributed by atoms with Crippen LogP contribution in [0.3, 0.4) is 0 Å². The number of nitrogens with zero attached hydrogens (tertiary/aromatic N) is 1. The Morgan fingerprint density at radius 1 is 0.967 bits per heavy atom. The average molecular weight is 439 g/mol. The Bertz CT molecular complexity index is 811. The molecule has 168 valence electrons. The number of piperidine rings is 1. The van der Waals surface area contributed by atoms with Gasteiger partial charge in [0.25, 0.3) is 0 Å². The van der Waals surface area contributed by atoms with Crippen LogP contribution in [-0.4, -0.2) is 52.0 Å². The third-order valence-corrected chi connectivity index (χ3v) is 8.18. The van der Waals surface area contributed by atoms with Gasteiger partial charge in [-0.1, -0.05) is 32.1 Å². The van der Waals surface area contributed by atoms with Crippen LogP contribution in [0.1, 0.15) is 57.8 Å². The number of benzene rings is 1. The lowest BCUT2D eigenvalue weighted by Gasteiger charge is -2.32. The van der Waals surface area contributed by atoms with Gasteiger partial charge in [-0.25, -0.2) is 8.42 Å². The number of nitrogens with one attached hydrogen (secondary N) is 1. The molecular formula is C22H34N2O5S. The summed E-state index contributed by atoms with van der Waals surface area (Å²) in [6.07, 6.45) is 9.30. The normalized spacial score (nSPS) is 20.2. The molecule has 0 spiro atoms. The van der Waals surface area contributed by atoms with E-state index in [0.717, 1.165) is 12.8 Å². The van der Waals surface area contributed by atoms with Crippen molar-refractivity contribution in [2.75, 3.05) is 27.3 Å². The summed E-state index contributed by atoms with van der Waals surface area (Å²) >= 11 is 0. The Kier molecular flexibility index (Phi) is 7.99. The summed E-state index contributed by atoms with van der Waals surface area (Å²) in [5.74, 6) is 0.702. The smallest absolute Gasteiger partial charge is 0.246 e. The molecule has 0 radical (unpaired) electrons. The highest BCUT2D eigenvalue weighted by atomic mass is 32.2. The molecule has 1 saturated heterocycles. The highest BCUT2D eigenvalue weighted by Gasteiger charge is 2.34. The molecule has 0 unspecified atom stereocenters. The molecule has 1 saturated carbocycles. The molecule has 1 aromatic carbocycles. The van der Waals surface area contributed by atoms with Crippen molar-refractivity contribution in [2.24, 2.45) is 5.92 Å². The van der Waals surface area contributed by atoms with Crippen LogP contribution in [0, 0.1) is 5.92 Å². The summed E-state index contributed by atoms with van der Waals surface area (Å²) in [5.41, 5.74) is 0. The van der Waals surface area contributed by atoms with Crippen molar-refractivity contribution in [3.05, 3.63) is 18.2 Å². The first kappa shape index (κ1) is 22.9. The van der Waals surface area contributed by atoms with Crippen molar-refractivity contribution in [3.63, 3.8) is 0 Å². The number of sulfonamides is 1. The van der Waals surface area contributed by atoms with Crippen LogP contribution < -0.4 is 14.8 Å². The van der Waals surface area contributed by atoms with E-state index in [2.05, 4.69) is 5.32 Å². The SMILES string of the molecule is COc1ccc(OC)c(S(=O)(=O)N2CCC(C(=O)NC3CCCCCCC3)CC2)c1. The Morgan fingerprint density at radius 3 is 2.20 bits per heavy atom. The molecule has 1 aliphatic heterocycles. The molecule has 1 amide bonds. The molecule has 1 heterocycles. The van der Waals surface area contributed by atoms with Gasteiger partial charge in [-0.2, -0.15) is 4.31 Å².